The van der Waals surface area contributed by atoms with Crippen LogP contribution in [0.5, 0.6) is 0 Å². The molecule has 0 aliphatic heterocycles. The first-order valence-corrected chi connectivity index (χ1v) is 8.45. The second-order valence-corrected chi connectivity index (χ2v) is 8.29. The van der Waals surface area contributed by atoms with Crippen LogP contribution in [0.4, 0.5) is 0 Å². The summed E-state index contributed by atoms with van der Waals surface area (Å²) in [5.41, 5.74) is -0.0823. The fraction of sp³-hybridized carbons (Fsp3) is 0.250. The molecule has 0 fully saturated rings. The van der Waals surface area contributed by atoms with Crippen molar-refractivity contribution in [3.8, 4) is 0 Å². The molecule has 0 saturated heterocycles. The lowest BCUT2D eigenvalue weighted by Crippen LogP contribution is -2.25. The zero-order chi connectivity index (χ0) is 15.8. The molecule has 6 nitrogen and oxygen atoms in total. The minimum atomic E-state index is -3.75. The van der Waals surface area contributed by atoms with Crippen molar-refractivity contribution in [3.05, 3.63) is 39.3 Å². The molecule has 0 aromatic carbocycles. The first-order valence-electron chi connectivity index (χ1n) is 5.82. The zero-order valence-corrected chi connectivity index (χ0v) is 13.7. The summed E-state index contributed by atoms with van der Waals surface area (Å²) in [5, 5.41) is 8.98. The molecule has 9 heteroatoms. The lowest BCUT2D eigenvalue weighted by Gasteiger charge is -2.15. The molecular formula is C12H13ClN2O4S2. The third-order valence-electron chi connectivity index (χ3n) is 2.91. The highest BCUT2D eigenvalue weighted by molar-refractivity contribution is 7.89. The number of carbonyl (C=O) groups is 1. The monoisotopic (exact) mass is 348 g/mol. The van der Waals surface area contributed by atoms with Crippen LogP contribution in [-0.4, -0.2) is 35.4 Å². The summed E-state index contributed by atoms with van der Waals surface area (Å²) in [6.07, 6.45) is 1.29. The van der Waals surface area contributed by atoms with E-state index in [4.69, 9.17) is 16.7 Å². The Kier molecular flexibility index (Phi) is 4.43. The molecule has 0 unspecified atom stereocenters. The van der Waals surface area contributed by atoms with Gasteiger partial charge in [-0.15, -0.1) is 11.3 Å². The topological polar surface area (TPSA) is 79.6 Å². The number of rotatable bonds is 5. The number of sulfonamides is 1. The highest BCUT2D eigenvalue weighted by Crippen LogP contribution is 2.25. The standard InChI is InChI=1S/C12H13ClN2O4S2/c1-14-7-9(5-10(14)12(16)17)21(18,19)15(2)6-8-3-4-11(13)20-8/h3-5,7H,6H2,1-2H3,(H,16,17). The van der Waals surface area contributed by atoms with E-state index in [9.17, 15) is 13.2 Å². The Bertz CT molecular complexity index is 779. The van der Waals surface area contributed by atoms with Crippen molar-refractivity contribution in [1.29, 1.82) is 0 Å². The molecule has 0 aliphatic rings. The van der Waals surface area contributed by atoms with E-state index < -0.39 is 16.0 Å². The summed E-state index contributed by atoms with van der Waals surface area (Å²) in [5.74, 6) is -1.17. The number of thiophene rings is 1. The van der Waals surface area contributed by atoms with Crippen molar-refractivity contribution in [2.45, 2.75) is 11.4 Å². The Hall–Kier alpha value is -1.35. The van der Waals surface area contributed by atoms with Crippen LogP contribution in [0.15, 0.2) is 29.3 Å². The minimum absolute atomic E-state index is 0.0486. The Balaban J connectivity index is 2.28. The Morgan fingerprint density at radius 2 is 2.14 bits per heavy atom. The van der Waals surface area contributed by atoms with Crippen LogP contribution in [-0.2, 0) is 23.6 Å². The summed E-state index contributed by atoms with van der Waals surface area (Å²) < 4.78 is 27.9. The van der Waals surface area contributed by atoms with Crippen molar-refractivity contribution in [1.82, 2.24) is 8.87 Å². The second-order valence-electron chi connectivity index (χ2n) is 4.44. The van der Waals surface area contributed by atoms with Crippen molar-refractivity contribution >= 4 is 38.9 Å². The lowest BCUT2D eigenvalue weighted by atomic mass is 10.4. The summed E-state index contributed by atoms with van der Waals surface area (Å²) in [7, 11) is -0.822. The molecule has 1 N–H and O–H groups in total. The maximum Gasteiger partial charge on any atom is 0.352 e. The predicted octanol–water partition coefficient (Wildman–Crippen LogP) is 2.26. The molecule has 2 rings (SSSR count). The van der Waals surface area contributed by atoms with Crippen LogP contribution in [0.2, 0.25) is 4.34 Å². The van der Waals surface area contributed by atoms with Gasteiger partial charge >= 0.3 is 5.97 Å². The van der Waals surface area contributed by atoms with Gasteiger partial charge in [-0.2, -0.15) is 4.31 Å². The Morgan fingerprint density at radius 3 is 2.62 bits per heavy atom. The fourth-order valence-electron chi connectivity index (χ4n) is 1.81. The third-order valence-corrected chi connectivity index (χ3v) is 5.90. The summed E-state index contributed by atoms with van der Waals surface area (Å²) in [6, 6.07) is 4.61. The van der Waals surface area contributed by atoms with Gasteiger partial charge < -0.3 is 9.67 Å². The van der Waals surface area contributed by atoms with Crippen LogP contribution >= 0.6 is 22.9 Å². The number of hydrogen-bond acceptors (Lipinski definition) is 4. The number of hydrogen-bond donors (Lipinski definition) is 1. The number of carboxylic acid groups (broad SMARTS) is 1. The van der Waals surface area contributed by atoms with Gasteiger partial charge in [-0.1, -0.05) is 11.6 Å². The van der Waals surface area contributed by atoms with Gasteiger partial charge in [0.05, 0.1) is 4.34 Å². The number of carboxylic acids is 1. The van der Waals surface area contributed by atoms with E-state index in [-0.39, 0.29) is 17.1 Å². The van der Waals surface area contributed by atoms with Gasteiger partial charge in [0.15, 0.2) is 0 Å². The second kappa shape index (κ2) is 5.80. The Morgan fingerprint density at radius 1 is 1.48 bits per heavy atom. The first kappa shape index (κ1) is 16.0. The van der Waals surface area contributed by atoms with Crippen LogP contribution in [0.25, 0.3) is 0 Å². The van der Waals surface area contributed by atoms with E-state index >= 15 is 0 Å². The number of halogens is 1. The highest BCUT2D eigenvalue weighted by atomic mass is 35.5. The Labute approximate surface area is 131 Å². The zero-order valence-electron chi connectivity index (χ0n) is 11.3. The van der Waals surface area contributed by atoms with Gasteiger partial charge in [0, 0.05) is 31.7 Å². The van der Waals surface area contributed by atoms with Crippen LogP contribution in [0, 0.1) is 0 Å². The van der Waals surface area contributed by atoms with Gasteiger partial charge in [-0.3, -0.25) is 0 Å². The largest absolute Gasteiger partial charge is 0.477 e. The normalized spacial score (nSPS) is 12.0. The van der Waals surface area contributed by atoms with Gasteiger partial charge in [-0.25, -0.2) is 13.2 Å². The molecule has 0 radical (unpaired) electrons. The van der Waals surface area contributed by atoms with E-state index in [0.29, 0.717) is 4.34 Å². The molecule has 0 spiro atoms. The molecule has 0 saturated carbocycles. The van der Waals surface area contributed by atoms with E-state index in [2.05, 4.69) is 0 Å². The maximum absolute atomic E-state index is 12.4. The predicted molar refractivity (Wildman–Crippen MR) is 80.4 cm³/mol. The van der Waals surface area contributed by atoms with Crippen molar-refractivity contribution < 1.29 is 18.3 Å². The van der Waals surface area contributed by atoms with Gasteiger partial charge in [-0.05, 0) is 18.2 Å². The highest BCUT2D eigenvalue weighted by Gasteiger charge is 2.25. The summed E-state index contributed by atoms with van der Waals surface area (Å²) in [6.45, 7) is 0.178. The summed E-state index contributed by atoms with van der Waals surface area (Å²) in [4.78, 5) is 11.7. The van der Waals surface area contributed by atoms with E-state index in [0.717, 1.165) is 15.2 Å². The quantitative estimate of drug-likeness (QED) is 0.898. The van der Waals surface area contributed by atoms with Gasteiger partial charge in [0.1, 0.15) is 10.6 Å². The van der Waals surface area contributed by atoms with E-state index in [1.54, 1.807) is 12.1 Å². The molecule has 2 aromatic rings. The van der Waals surface area contributed by atoms with Crippen LogP contribution < -0.4 is 0 Å². The molecular weight excluding hydrogens is 336 g/mol. The molecule has 0 aliphatic carbocycles. The molecule has 0 atom stereocenters. The van der Waals surface area contributed by atoms with Crippen molar-refractivity contribution in [2.24, 2.45) is 7.05 Å². The molecule has 2 heterocycles. The maximum atomic E-state index is 12.4. The average Bonchev–Trinajstić information content (AvgIpc) is 2.95. The molecule has 114 valence electrons. The lowest BCUT2D eigenvalue weighted by molar-refractivity contribution is 0.0686. The van der Waals surface area contributed by atoms with Crippen molar-refractivity contribution in [3.63, 3.8) is 0 Å². The van der Waals surface area contributed by atoms with E-state index in [1.807, 2.05) is 0 Å². The summed E-state index contributed by atoms with van der Waals surface area (Å²) >= 11 is 7.12. The van der Waals surface area contributed by atoms with Crippen molar-refractivity contribution in [2.75, 3.05) is 7.05 Å². The van der Waals surface area contributed by atoms with Gasteiger partial charge in [0.25, 0.3) is 0 Å². The fourth-order valence-corrected chi connectivity index (χ4v) is 4.25. The number of aromatic nitrogens is 1. The number of nitrogens with zero attached hydrogens (tertiary/aromatic N) is 2. The molecule has 2 aromatic heterocycles. The van der Waals surface area contributed by atoms with Gasteiger partial charge in [0.2, 0.25) is 10.0 Å². The molecule has 0 bridgehead atoms. The smallest absolute Gasteiger partial charge is 0.352 e. The molecule has 0 amide bonds. The molecule has 21 heavy (non-hydrogen) atoms. The van der Waals surface area contributed by atoms with Crippen LogP contribution in [0.3, 0.4) is 0 Å². The first-order chi connectivity index (χ1) is 9.71. The number of aromatic carboxylic acids is 1. The average molecular weight is 349 g/mol. The SMILES string of the molecule is CN(Cc1ccc(Cl)s1)S(=O)(=O)c1cc(C(=O)O)n(C)c1. The van der Waals surface area contributed by atoms with E-state index in [1.165, 1.54) is 36.2 Å². The third kappa shape index (κ3) is 3.29. The minimum Gasteiger partial charge on any atom is -0.477 e. The van der Waals surface area contributed by atoms with Crippen LogP contribution in [0.1, 0.15) is 15.4 Å². The number of aryl methyl sites for hydroxylation is 1.